The lowest BCUT2D eigenvalue weighted by atomic mass is 10.2. The number of hydrogen-bond donors (Lipinski definition) is 1. The molecular formula is C15H14N2O. The molecule has 1 unspecified atom stereocenters. The van der Waals surface area contributed by atoms with Crippen LogP contribution in [0.15, 0.2) is 54.6 Å². The zero-order chi connectivity index (χ0) is 12.8. The first-order chi connectivity index (χ1) is 8.78. The standard InChI is InChI=1S/C15H14N2O/c1-12(11-16)17-13-7-9-15(10-8-13)18-14-5-3-2-4-6-14/h2-10,12,17H,1H3. The summed E-state index contributed by atoms with van der Waals surface area (Å²) in [6.45, 7) is 1.81. The number of nitrogens with zero attached hydrogens (tertiary/aromatic N) is 1. The molecule has 18 heavy (non-hydrogen) atoms. The molecule has 0 aliphatic rings. The minimum Gasteiger partial charge on any atom is -0.457 e. The van der Waals surface area contributed by atoms with E-state index in [2.05, 4.69) is 11.4 Å². The van der Waals surface area contributed by atoms with Crippen LogP contribution in [-0.2, 0) is 0 Å². The van der Waals surface area contributed by atoms with E-state index in [4.69, 9.17) is 10.00 Å². The smallest absolute Gasteiger partial charge is 0.127 e. The van der Waals surface area contributed by atoms with Gasteiger partial charge in [0.2, 0.25) is 0 Å². The number of ether oxygens (including phenoxy) is 1. The second-order valence-electron chi connectivity index (χ2n) is 3.93. The van der Waals surface area contributed by atoms with Crippen molar-refractivity contribution in [2.24, 2.45) is 0 Å². The second-order valence-corrected chi connectivity index (χ2v) is 3.93. The third-order valence-corrected chi connectivity index (χ3v) is 2.41. The molecule has 2 rings (SSSR count). The van der Waals surface area contributed by atoms with Crippen LogP contribution in [-0.4, -0.2) is 6.04 Å². The van der Waals surface area contributed by atoms with Crippen LogP contribution in [0.3, 0.4) is 0 Å². The average Bonchev–Trinajstić information content (AvgIpc) is 2.42. The molecule has 0 fully saturated rings. The van der Waals surface area contributed by atoms with Gasteiger partial charge < -0.3 is 10.1 Å². The monoisotopic (exact) mass is 238 g/mol. The van der Waals surface area contributed by atoms with Crippen molar-refractivity contribution in [2.45, 2.75) is 13.0 Å². The number of hydrogen-bond acceptors (Lipinski definition) is 3. The van der Waals surface area contributed by atoms with E-state index < -0.39 is 0 Å². The highest BCUT2D eigenvalue weighted by molar-refractivity contribution is 5.48. The van der Waals surface area contributed by atoms with Gasteiger partial charge in [0.1, 0.15) is 17.5 Å². The van der Waals surface area contributed by atoms with Gasteiger partial charge in [0, 0.05) is 5.69 Å². The molecule has 0 aliphatic carbocycles. The molecule has 0 aromatic heterocycles. The highest BCUT2D eigenvalue weighted by atomic mass is 16.5. The summed E-state index contributed by atoms with van der Waals surface area (Å²) in [5.41, 5.74) is 0.907. The van der Waals surface area contributed by atoms with E-state index in [-0.39, 0.29) is 6.04 Å². The lowest BCUT2D eigenvalue weighted by Crippen LogP contribution is -2.11. The highest BCUT2D eigenvalue weighted by Crippen LogP contribution is 2.22. The number of para-hydroxylation sites is 1. The molecule has 2 aromatic carbocycles. The Labute approximate surface area is 107 Å². The fraction of sp³-hybridized carbons (Fsp3) is 0.133. The maximum Gasteiger partial charge on any atom is 0.127 e. The van der Waals surface area contributed by atoms with Crippen molar-refractivity contribution in [1.29, 1.82) is 5.26 Å². The Morgan fingerprint density at radius 1 is 1.00 bits per heavy atom. The van der Waals surface area contributed by atoms with E-state index in [1.54, 1.807) is 0 Å². The van der Waals surface area contributed by atoms with Gasteiger partial charge in [0.15, 0.2) is 0 Å². The number of rotatable bonds is 4. The van der Waals surface area contributed by atoms with Gasteiger partial charge in [-0.2, -0.15) is 5.26 Å². The van der Waals surface area contributed by atoms with E-state index >= 15 is 0 Å². The van der Waals surface area contributed by atoms with Gasteiger partial charge in [-0.25, -0.2) is 0 Å². The number of benzene rings is 2. The summed E-state index contributed by atoms with van der Waals surface area (Å²) in [6, 6.07) is 19.1. The van der Waals surface area contributed by atoms with Gasteiger partial charge in [0.05, 0.1) is 6.07 Å². The summed E-state index contributed by atoms with van der Waals surface area (Å²) in [5, 5.41) is 11.8. The SMILES string of the molecule is CC(C#N)Nc1ccc(Oc2ccccc2)cc1. The maximum absolute atomic E-state index is 8.71. The summed E-state index contributed by atoms with van der Waals surface area (Å²) in [6.07, 6.45) is 0. The van der Waals surface area contributed by atoms with Gasteiger partial charge in [-0.15, -0.1) is 0 Å². The minimum absolute atomic E-state index is 0.203. The van der Waals surface area contributed by atoms with Crippen LogP contribution in [0, 0.1) is 11.3 Å². The summed E-state index contributed by atoms with van der Waals surface area (Å²) < 4.78 is 5.67. The molecule has 0 radical (unpaired) electrons. The Hall–Kier alpha value is -2.47. The van der Waals surface area contributed by atoms with Crippen LogP contribution in [0.25, 0.3) is 0 Å². The van der Waals surface area contributed by atoms with Gasteiger partial charge in [0.25, 0.3) is 0 Å². The summed E-state index contributed by atoms with van der Waals surface area (Å²) in [5.74, 6) is 1.58. The fourth-order valence-electron chi connectivity index (χ4n) is 1.53. The summed E-state index contributed by atoms with van der Waals surface area (Å²) in [7, 11) is 0. The Morgan fingerprint density at radius 2 is 1.61 bits per heavy atom. The number of nitriles is 1. The molecule has 0 bridgehead atoms. The quantitative estimate of drug-likeness (QED) is 0.881. The van der Waals surface area contributed by atoms with Crippen molar-refractivity contribution in [3.8, 4) is 17.6 Å². The van der Waals surface area contributed by atoms with Gasteiger partial charge in [-0.3, -0.25) is 0 Å². The maximum atomic E-state index is 8.71. The third-order valence-electron chi connectivity index (χ3n) is 2.41. The van der Waals surface area contributed by atoms with Gasteiger partial charge in [-0.1, -0.05) is 18.2 Å². The lowest BCUT2D eigenvalue weighted by molar-refractivity contribution is 0.483. The van der Waals surface area contributed by atoms with Gasteiger partial charge >= 0.3 is 0 Å². The first-order valence-corrected chi connectivity index (χ1v) is 5.77. The van der Waals surface area contributed by atoms with E-state index in [1.165, 1.54) is 0 Å². The largest absolute Gasteiger partial charge is 0.457 e. The van der Waals surface area contributed by atoms with Crippen molar-refractivity contribution in [3.05, 3.63) is 54.6 Å². The van der Waals surface area contributed by atoms with Crippen LogP contribution >= 0.6 is 0 Å². The molecule has 0 amide bonds. The third kappa shape index (κ3) is 3.26. The zero-order valence-electron chi connectivity index (χ0n) is 10.1. The van der Waals surface area contributed by atoms with Gasteiger partial charge in [-0.05, 0) is 43.3 Å². The van der Waals surface area contributed by atoms with Crippen molar-refractivity contribution >= 4 is 5.69 Å². The predicted octanol–water partition coefficient (Wildman–Crippen LogP) is 3.80. The molecule has 1 atom stereocenters. The molecule has 3 nitrogen and oxygen atoms in total. The normalized spacial score (nSPS) is 11.3. The van der Waals surface area contributed by atoms with Crippen molar-refractivity contribution < 1.29 is 4.74 Å². The first kappa shape index (κ1) is 12.0. The number of anilines is 1. The van der Waals surface area contributed by atoms with Crippen molar-refractivity contribution in [2.75, 3.05) is 5.32 Å². The lowest BCUT2D eigenvalue weighted by Gasteiger charge is -2.09. The zero-order valence-corrected chi connectivity index (χ0v) is 10.1. The molecule has 0 saturated carbocycles. The molecular weight excluding hydrogens is 224 g/mol. The van der Waals surface area contributed by atoms with E-state index in [0.717, 1.165) is 17.2 Å². The molecule has 1 N–H and O–H groups in total. The first-order valence-electron chi connectivity index (χ1n) is 5.77. The van der Waals surface area contributed by atoms with Crippen LogP contribution < -0.4 is 10.1 Å². The summed E-state index contributed by atoms with van der Waals surface area (Å²) >= 11 is 0. The van der Waals surface area contributed by atoms with Crippen LogP contribution in [0.4, 0.5) is 5.69 Å². The Morgan fingerprint density at radius 3 is 2.22 bits per heavy atom. The topological polar surface area (TPSA) is 45.0 Å². The molecule has 2 aromatic rings. The second kappa shape index (κ2) is 5.74. The van der Waals surface area contributed by atoms with E-state index in [9.17, 15) is 0 Å². The summed E-state index contributed by atoms with van der Waals surface area (Å²) in [4.78, 5) is 0. The molecule has 0 saturated heterocycles. The molecule has 90 valence electrons. The highest BCUT2D eigenvalue weighted by Gasteiger charge is 2.00. The average molecular weight is 238 g/mol. The van der Waals surface area contributed by atoms with Crippen molar-refractivity contribution in [1.82, 2.24) is 0 Å². The Bertz CT molecular complexity index is 529. The van der Waals surface area contributed by atoms with E-state index in [1.807, 2.05) is 61.5 Å². The Balaban J connectivity index is 2.02. The molecule has 3 heteroatoms. The van der Waals surface area contributed by atoms with Crippen LogP contribution in [0.2, 0.25) is 0 Å². The fourth-order valence-corrected chi connectivity index (χ4v) is 1.53. The minimum atomic E-state index is -0.203. The molecule has 0 heterocycles. The van der Waals surface area contributed by atoms with Crippen LogP contribution in [0.5, 0.6) is 11.5 Å². The number of nitrogens with one attached hydrogen (secondary N) is 1. The predicted molar refractivity (Wildman–Crippen MR) is 71.7 cm³/mol. The molecule has 0 spiro atoms. The molecule has 0 aliphatic heterocycles. The Kier molecular flexibility index (Phi) is 3.83. The van der Waals surface area contributed by atoms with E-state index in [0.29, 0.717) is 0 Å². The van der Waals surface area contributed by atoms with Crippen molar-refractivity contribution in [3.63, 3.8) is 0 Å². The van der Waals surface area contributed by atoms with Crippen LogP contribution in [0.1, 0.15) is 6.92 Å².